The number of hydrogen-bond acceptors (Lipinski definition) is 3. The van der Waals surface area contributed by atoms with E-state index < -0.39 is 5.97 Å². The van der Waals surface area contributed by atoms with Gasteiger partial charge in [-0.2, -0.15) is 0 Å². The van der Waals surface area contributed by atoms with Crippen LogP contribution < -0.4 is 0 Å². The van der Waals surface area contributed by atoms with Crippen LogP contribution in [0.1, 0.15) is 38.6 Å². The molecule has 0 aliphatic rings. The van der Waals surface area contributed by atoms with Gasteiger partial charge in [0.05, 0.1) is 7.11 Å². The van der Waals surface area contributed by atoms with Gasteiger partial charge in [-0.15, -0.1) is 0 Å². The van der Waals surface area contributed by atoms with Crippen LogP contribution in [0.4, 0.5) is 0 Å². The van der Waals surface area contributed by atoms with Crippen molar-refractivity contribution in [2.75, 3.05) is 7.11 Å². The van der Waals surface area contributed by atoms with Gasteiger partial charge in [0.25, 0.3) is 0 Å². The molecule has 3 nitrogen and oxygen atoms in total. The fourth-order valence-electron chi connectivity index (χ4n) is 2.35. The lowest BCUT2D eigenvalue weighted by Crippen LogP contribution is -1.99. The zero-order valence-electron chi connectivity index (χ0n) is 11.7. The average Bonchev–Trinajstić information content (AvgIpc) is 2.81. The number of methoxy groups -OCH3 is 1. The van der Waals surface area contributed by atoms with Gasteiger partial charge in [0.1, 0.15) is 5.76 Å². The second kappa shape index (κ2) is 5.31. The van der Waals surface area contributed by atoms with Crippen molar-refractivity contribution < 1.29 is 13.9 Å². The predicted molar refractivity (Wildman–Crippen MR) is 73.5 cm³/mol. The number of ether oxygens (including phenoxy) is 1. The molecule has 1 aromatic heterocycles. The highest BCUT2D eigenvalue weighted by molar-refractivity contribution is 5.86. The molecule has 0 saturated heterocycles. The van der Waals surface area contributed by atoms with Crippen LogP contribution in [0.2, 0.25) is 0 Å². The predicted octanol–water partition coefficient (Wildman–Crippen LogP) is 3.58. The van der Waals surface area contributed by atoms with Crippen molar-refractivity contribution in [2.24, 2.45) is 0 Å². The quantitative estimate of drug-likeness (QED) is 0.790. The molecule has 1 aromatic carbocycles. The Bertz CT molecular complexity index is 585. The topological polar surface area (TPSA) is 39.4 Å². The molecule has 0 atom stereocenters. The van der Waals surface area contributed by atoms with E-state index in [1.807, 2.05) is 6.07 Å². The maximum Gasteiger partial charge on any atom is 0.373 e. The SMILES string of the molecule is COC(=O)c1ccc(Cc2c(C)cc(C)cc2C)o1. The van der Waals surface area contributed by atoms with Gasteiger partial charge in [0.2, 0.25) is 5.76 Å². The fraction of sp³-hybridized carbons (Fsp3) is 0.312. The van der Waals surface area contributed by atoms with Gasteiger partial charge in [-0.25, -0.2) is 4.79 Å². The molecule has 0 amide bonds. The van der Waals surface area contributed by atoms with Gasteiger partial charge in [0.15, 0.2) is 0 Å². The zero-order valence-corrected chi connectivity index (χ0v) is 11.7. The molecule has 1 heterocycles. The Hall–Kier alpha value is -2.03. The molecule has 2 aromatic rings. The Morgan fingerprint density at radius 2 is 1.79 bits per heavy atom. The molecule has 0 fully saturated rings. The van der Waals surface area contributed by atoms with E-state index in [1.165, 1.54) is 29.4 Å². The molecule has 2 rings (SSSR count). The normalized spacial score (nSPS) is 10.5. The van der Waals surface area contributed by atoms with Gasteiger partial charge in [-0.05, 0) is 49.6 Å². The first-order chi connectivity index (χ1) is 9.01. The molecule has 0 bridgehead atoms. The third kappa shape index (κ3) is 2.87. The summed E-state index contributed by atoms with van der Waals surface area (Å²) in [5.74, 6) is 0.582. The summed E-state index contributed by atoms with van der Waals surface area (Å²) >= 11 is 0. The van der Waals surface area contributed by atoms with Crippen LogP contribution >= 0.6 is 0 Å². The standard InChI is InChI=1S/C16H18O3/c1-10-7-11(2)14(12(3)8-10)9-13-5-6-15(19-13)16(17)18-4/h5-8H,9H2,1-4H3. The van der Waals surface area contributed by atoms with Gasteiger partial charge in [-0.1, -0.05) is 17.7 Å². The Balaban J connectivity index is 2.27. The van der Waals surface area contributed by atoms with Crippen LogP contribution in [0.15, 0.2) is 28.7 Å². The Kier molecular flexibility index (Phi) is 3.74. The lowest BCUT2D eigenvalue weighted by molar-refractivity contribution is 0.0563. The van der Waals surface area contributed by atoms with Crippen LogP contribution in [-0.4, -0.2) is 13.1 Å². The number of aryl methyl sites for hydroxylation is 3. The van der Waals surface area contributed by atoms with E-state index in [0.717, 1.165) is 5.76 Å². The molecule has 0 unspecified atom stereocenters. The highest BCUT2D eigenvalue weighted by Crippen LogP contribution is 2.21. The molecule has 0 saturated carbocycles. The Morgan fingerprint density at radius 3 is 2.37 bits per heavy atom. The minimum atomic E-state index is -0.441. The third-order valence-corrected chi connectivity index (χ3v) is 3.24. The fourth-order valence-corrected chi connectivity index (χ4v) is 2.35. The number of carbonyl (C=O) groups is 1. The van der Waals surface area contributed by atoms with E-state index >= 15 is 0 Å². The number of esters is 1. The summed E-state index contributed by atoms with van der Waals surface area (Å²) in [4.78, 5) is 11.3. The summed E-state index contributed by atoms with van der Waals surface area (Å²) in [6.45, 7) is 6.28. The molecular formula is C16H18O3. The van der Waals surface area contributed by atoms with Crippen LogP contribution in [0.5, 0.6) is 0 Å². The van der Waals surface area contributed by atoms with Crippen LogP contribution in [0, 0.1) is 20.8 Å². The number of benzene rings is 1. The van der Waals surface area contributed by atoms with E-state index in [9.17, 15) is 4.79 Å². The highest BCUT2D eigenvalue weighted by Gasteiger charge is 2.13. The number of hydrogen-bond donors (Lipinski definition) is 0. The molecule has 3 heteroatoms. The van der Waals surface area contributed by atoms with Crippen molar-refractivity contribution in [2.45, 2.75) is 27.2 Å². The second-order valence-corrected chi connectivity index (χ2v) is 4.81. The third-order valence-electron chi connectivity index (χ3n) is 3.24. The molecule has 0 radical (unpaired) electrons. The molecule has 0 aliphatic heterocycles. The molecule has 100 valence electrons. The first-order valence-electron chi connectivity index (χ1n) is 6.25. The minimum absolute atomic E-state index is 0.250. The van der Waals surface area contributed by atoms with E-state index in [0.29, 0.717) is 6.42 Å². The van der Waals surface area contributed by atoms with E-state index in [4.69, 9.17) is 4.42 Å². The minimum Gasteiger partial charge on any atom is -0.463 e. The molecular weight excluding hydrogens is 240 g/mol. The summed E-state index contributed by atoms with van der Waals surface area (Å²) < 4.78 is 10.1. The van der Waals surface area contributed by atoms with Gasteiger partial charge in [0, 0.05) is 6.42 Å². The van der Waals surface area contributed by atoms with Crippen LogP contribution in [0.25, 0.3) is 0 Å². The number of furan rings is 1. The lowest BCUT2D eigenvalue weighted by atomic mass is 9.97. The monoisotopic (exact) mass is 258 g/mol. The number of rotatable bonds is 3. The van der Waals surface area contributed by atoms with E-state index in [2.05, 4.69) is 37.6 Å². The number of carbonyl (C=O) groups excluding carboxylic acids is 1. The van der Waals surface area contributed by atoms with Gasteiger partial charge >= 0.3 is 5.97 Å². The summed E-state index contributed by atoms with van der Waals surface area (Å²) in [6, 6.07) is 7.80. The smallest absolute Gasteiger partial charge is 0.373 e. The zero-order chi connectivity index (χ0) is 14.0. The van der Waals surface area contributed by atoms with Crippen molar-refractivity contribution in [3.63, 3.8) is 0 Å². The van der Waals surface area contributed by atoms with Crippen molar-refractivity contribution >= 4 is 5.97 Å². The lowest BCUT2D eigenvalue weighted by Gasteiger charge is -2.09. The Labute approximate surface area is 113 Å². The van der Waals surface area contributed by atoms with Crippen molar-refractivity contribution in [3.8, 4) is 0 Å². The average molecular weight is 258 g/mol. The van der Waals surface area contributed by atoms with Crippen LogP contribution in [-0.2, 0) is 11.2 Å². The second-order valence-electron chi connectivity index (χ2n) is 4.81. The maximum absolute atomic E-state index is 11.3. The summed E-state index contributed by atoms with van der Waals surface area (Å²) in [6.07, 6.45) is 0.689. The van der Waals surface area contributed by atoms with Gasteiger partial charge in [-0.3, -0.25) is 0 Å². The Morgan fingerprint density at radius 1 is 1.16 bits per heavy atom. The van der Waals surface area contributed by atoms with Crippen molar-refractivity contribution in [3.05, 3.63) is 58.0 Å². The molecule has 0 spiro atoms. The van der Waals surface area contributed by atoms with Crippen molar-refractivity contribution in [1.82, 2.24) is 0 Å². The van der Waals surface area contributed by atoms with Crippen LogP contribution in [0.3, 0.4) is 0 Å². The molecule has 0 N–H and O–H groups in total. The first kappa shape index (κ1) is 13.4. The summed E-state index contributed by atoms with van der Waals surface area (Å²) in [5, 5.41) is 0. The largest absolute Gasteiger partial charge is 0.463 e. The van der Waals surface area contributed by atoms with Gasteiger partial charge < -0.3 is 9.15 Å². The van der Waals surface area contributed by atoms with E-state index in [-0.39, 0.29) is 5.76 Å². The molecule has 19 heavy (non-hydrogen) atoms. The summed E-state index contributed by atoms with van der Waals surface area (Å²) in [5.41, 5.74) is 4.99. The molecule has 0 aliphatic carbocycles. The van der Waals surface area contributed by atoms with E-state index in [1.54, 1.807) is 6.07 Å². The van der Waals surface area contributed by atoms with Crippen molar-refractivity contribution in [1.29, 1.82) is 0 Å². The maximum atomic E-state index is 11.3. The first-order valence-corrected chi connectivity index (χ1v) is 6.25. The highest BCUT2D eigenvalue weighted by atomic mass is 16.5. The summed E-state index contributed by atoms with van der Waals surface area (Å²) in [7, 11) is 1.35.